The summed E-state index contributed by atoms with van der Waals surface area (Å²) in [5, 5.41) is 1.32. The van der Waals surface area contributed by atoms with Crippen molar-refractivity contribution in [2.24, 2.45) is 5.92 Å². The molecule has 3 heterocycles. The normalized spacial score (nSPS) is 28.2. The smallest absolute Gasteiger partial charge is 0.225 e. The van der Waals surface area contributed by atoms with Gasteiger partial charge in [0.2, 0.25) is 5.91 Å². The highest BCUT2D eigenvalue weighted by atomic mass is 32.1. The summed E-state index contributed by atoms with van der Waals surface area (Å²) >= 11 is 1.95. The van der Waals surface area contributed by atoms with Crippen molar-refractivity contribution in [3.63, 3.8) is 0 Å². The third-order valence-corrected chi connectivity index (χ3v) is 8.21. The first-order chi connectivity index (χ1) is 12.8. The molecule has 0 radical (unpaired) electrons. The van der Waals surface area contributed by atoms with E-state index in [1.54, 1.807) is 0 Å². The van der Waals surface area contributed by atoms with Crippen LogP contribution in [0.4, 0.5) is 0 Å². The Kier molecular flexibility index (Phi) is 4.78. The Hall–Kier alpha value is -0.940. The first-order valence-corrected chi connectivity index (χ1v) is 11.6. The summed E-state index contributed by atoms with van der Waals surface area (Å²) in [6, 6.07) is 0.848. The first-order valence-electron chi connectivity index (χ1n) is 10.8. The van der Waals surface area contributed by atoms with Gasteiger partial charge in [-0.15, -0.1) is 11.3 Å². The van der Waals surface area contributed by atoms with E-state index in [9.17, 15) is 4.79 Å². The number of aryl methyl sites for hydroxylation is 2. The van der Waals surface area contributed by atoms with Crippen LogP contribution in [0.15, 0.2) is 0 Å². The van der Waals surface area contributed by atoms with Crippen molar-refractivity contribution in [1.29, 1.82) is 0 Å². The second kappa shape index (κ2) is 7.23. The number of nitrogens with zero attached hydrogens (tertiary/aromatic N) is 3. The molecule has 1 saturated carbocycles. The highest BCUT2D eigenvalue weighted by Crippen LogP contribution is 2.36. The van der Waals surface area contributed by atoms with Crippen LogP contribution >= 0.6 is 11.3 Å². The van der Waals surface area contributed by atoms with Crippen LogP contribution in [0.2, 0.25) is 0 Å². The molecule has 26 heavy (non-hydrogen) atoms. The fourth-order valence-corrected chi connectivity index (χ4v) is 6.41. The highest BCUT2D eigenvalue weighted by Gasteiger charge is 2.36. The van der Waals surface area contributed by atoms with Crippen LogP contribution in [0.25, 0.3) is 0 Å². The van der Waals surface area contributed by atoms with E-state index in [1.807, 2.05) is 11.3 Å². The molecule has 1 atom stereocenters. The molecule has 3 fully saturated rings. The van der Waals surface area contributed by atoms with Gasteiger partial charge in [0.1, 0.15) is 0 Å². The van der Waals surface area contributed by atoms with E-state index in [0.717, 1.165) is 51.5 Å². The number of amides is 1. The van der Waals surface area contributed by atoms with Crippen molar-refractivity contribution in [3.05, 3.63) is 15.6 Å². The zero-order chi connectivity index (χ0) is 17.5. The molecule has 1 amide bonds. The summed E-state index contributed by atoms with van der Waals surface area (Å²) in [4.78, 5) is 24.4. The van der Waals surface area contributed by atoms with Gasteiger partial charge in [-0.25, -0.2) is 4.98 Å². The van der Waals surface area contributed by atoms with E-state index in [0.29, 0.717) is 11.8 Å². The van der Waals surface area contributed by atoms with Gasteiger partial charge in [0.25, 0.3) is 0 Å². The van der Waals surface area contributed by atoms with Crippen molar-refractivity contribution in [1.82, 2.24) is 14.8 Å². The number of likely N-dealkylation sites (tertiary alicyclic amines) is 2. The van der Waals surface area contributed by atoms with E-state index >= 15 is 0 Å². The molecule has 5 rings (SSSR count). The Balaban J connectivity index is 1.21. The number of thiazole rings is 1. The van der Waals surface area contributed by atoms with Crippen molar-refractivity contribution in [3.8, 4) is 0 Å². The Bertz CT molecular complexity index is 637. The minimum absolute atomic E-state index is 0.272. The molecule has 2 aliphatic carbocycles. The predicted molar refractivity (Wildman–Crippen MR) is 105 cm³/mol. The van der Waals surface area contributed by atoms with E-state index in [-0.39, 0.29) is 5.92 Å². The van der Waals surface area contributed by atoms with E-state index < -0.39 is 0 Å². The van der Waals surface area contributed by atoms with Gasteiger partial charge >= 0.3 is 0 Å². The fraction of sp³-hybridized carbons (Fsp3) is 0.810. The summed E-state index contributed by atoms with van der Waals surface area (Å²) in [6.45, 7) is 4.15. The fourth-order valence-electron chi connectivity index (χ4n) is 5.13. The molecular formula is C21H31N3OS. The minimum atomic E-state index is 0.272. The van der Waals surface area contributed by atoms with E-state index in [2.05, 4.69) is 9.80 Å². The number of aromatic nitrogens is 1. The lowest BCUT2D eigenvalue weighted by Gasteiger charge is -2.37. The Morgan fingerprint density at radius 3 is 2.54 bits per heavy atom. The molecule has 0 spiro atoms. The molecule has 2 saturated heterocycles. The van der Waals surface area contributed by atoms with Gasteiger partial charge in [-0.05, 0) is 77.3 Å². The maximum absolute atomic E-state index is 13.1. The Labute approximate surface area is 161 Å². The summed E-state index contributed by atoms with van der Waals surface area (Å²) in [5.74, 6) is 1.19. The number of hydrogen-bond donors (Lipinski definition) is 0. The largest absolute Gasteiger partial charge is 0.342 e. The number of rotatable bonds is 3. The van der Waals surface area contributed by atoms with Crippen molar-refractivity contribution in [2.45, 2.75) is 76.2 Å². The first kappa shape index (κ1) is 17.2. The van der Waals surface area contributed by atoms with Crippen LogP contribution in [0.5, 0.6) is 0 Å². The van der Waals surface area contributed by atoms with E-state index in [4.69, 9.17) is 4.98 Å². The van der Waals surface area contributed by atoms with Gasteiger partial charge in [0.05, 0.1) is 10.7 Å². The maximum Gasteiger partial charge on any atom is 0.225 e. The van der Waals surface area contributed by atoms with Gasteiger partial charge in [-0.3, -0.25) is 4.79 Å². The molecule has 1 unspecified atom stereocenters. The van der Waals surface area contributed by atoms with Crippen molar-refractivity contribution >= 4 is 17.2 Å². The average Bonchev–Trinajstić information content (AvgIpc) is 3.46. The van der Waals surface area contributed by atoms with Gasteiger partial charge in [0, 0.05) is 35.8 Å². The molecule has 142 valence electrons. The zero-order valence-corrected chi connectivity index (χ0v) is 16.6. The topological polar surface area (TPSA) is 36.4 Å². The summed E-state index contributed by atoms with van der Waals surface area (Å²) in [7, 11) is 0. The lowest BCUT2D eigenvalue weighted by atomic mass is 9.92. The highest BCUT2D eigenvalue weighted by molar-refractivity contribution is 7.11. The van der Waals surface area contributed by atoms with Gasteiger partial charge in [0.15, 0.2) is 0 Å². The van der Waals surface area contributed by atoms with Gasteiger partial charge < -0.3 is 9.80 Å². The van der Waals surface area contributed by atoms with Crippen LogP contribution in [-0.2, 0) is 17.6 Å². The molecule has 2 aliphatic heterocycles. The quantitative estimate of drug-likeness (QED) is 0.812. The third kappa shape index (κ3) is 3.45. The number of carbonyl (C=O) groups is 1. The number of hydrogen-bond acceptors (Lipinski definition) is 4. The minimum Gasteiger partial charge on any atom is -0.342 e. The SMILES string of the molecule is O=C(C1CCN(C2CC2)CC1)N1CCCC(c2nc3c(s2)CCCC3)C1. The molecule has 1 aromatic rings. The molecule has 1 aromatic heterocycles. The molecule has 5 heteroatoms. The molecule has 0 bridgehead atoms. The van der Waals surface area contributed by atoms with Crippen LogP contribution in [0.1, 0.15) is 72.9 Å². The monoisotopic (exact) mass is 373 g/mol. The average molecular weight is 374 g/mol. The zero-order valence-electron chi connectivity index (χ0n) is 15.8. The lowest BCUT2D eigenvalue weighted by molar-refractivity contribution is -0.138. The molecule has 4 aliphatic rings. The molecule has 0 N–H and O–H groups in total. The second-order valence-corrected chi connectivity index (χ2v) is 9.91. The van der Waals surface area contributed by atoms with Crippen molar-refractivity contribution < 1.29 is 4.79 Å². The number of fused-ring (bicyclic) bond motifs is 1. The predicted octanol–water partition coefficient (Wildman–Crippen LogP) is 3.60. The number of carbonyl (C=O) groups excluding carboxylic acids is 1. The standard InChI is InChI=1S/C21H31N3OS/c25-21(15-9-12-23(13-10-15)17-7-8-17)24-11-3-4-16(14-24)20-22-18-5-1-2-6-19(18)26-20/h15-17H,1-14H2. The van der Waals surface area contributed by atoms with Crippen LogP contribution in [0.3, 0.4) is 0 Å². The van der Waals surface area contributed by atoms with Gasteiger partial charge in [-0.1, -0.05) is 0 Å². The Morgan fingerprint density at radius 1 is 0.962 bits per heavy atom. The summed E-state index contributed by atoms with van der Waals surface area (Å²) in [5.41, 5.74) is 1.37. The van der Waals surface area contributed by atoms with Crippen LogP contribution in [0, 0.1) is 5.92 Å². The van der Waals surface area contributed by atoms with Gasteiger partial charge in [-0.2, -0.15) is 0 Å². The van der Waals surface area contributed by atoms with Crippen LogP contribution < -0.4 is 0 Å². The summed E-state index contributed by atoms with van der Waals surface area (Å²) < 4.78 is 0. The Morgan fingerprint density at radius 2 is 1.77 bits per heavy atom. The lowest BCUT2D eigenvalue weighted by Crippen LogP contribution is -2.46. The van der Waals surface area contributed by atoms with Crippen molar-refractivity contribution in [2.75, 3.05) is 26.2 Å². The maximum atomic E-state index is 13.1. The molecular weight excluding hydrogens is 342 g/mol. The molecule has 0 aromatic carbocycles. The van der Waals surface area contributed by atoms with Crippen LogP contribution in [-0.4, -0.2) is 52.9 Å². The molecule has 4 nitrogen and oxygen atoms in total. The second-order valence-electron chi connectivity index (χ2n) is 8.79. The third-order valence-electron chi connectivity index (χ3n) is 6.89. The summed E-state index contributed by atoms with van der Waals surface area (Å²) in [6.07, 6.45) is 12.3. The van der Waals surface area contributed by atoms with E-state index in [1.165, 1.54) is 60.5 Å². The number of piperidine rings is 2.